The van der Waals surface area contributed by atoms with Crippen LogP contribution < -0.4 is 4.74 Å². The summed E-state index contributed by atoms with van der Waals surface area (Å²) in [6.45, 7) is 1.44. The van der Waals surface area contributed by atoms with Gasteiger partial charge in [-0.3, -0.25) is 0 Å². The molecule has 0 saturated carbocycles. The molecule has 3 heteroatoms. The second kappa shape index (κ2) is 5.87. The third-order valence-electron chi connectivity index (χ3n) is 2.84. The molecule has 1 fully saturated rings. The van der Waals surface area contributed by atoms with Gasteiger partial charge in [0.15, 0.2) is 0 Å². The Balaban J connectivity index is 1.88. The van der Waals surface area contributed by atoms with Gasteiger partial charge < -0.3 is 14.6 Å². The van der Waals surface area contributed by atoms with Crippen LogP contribution in [-0.4, -0.2) is 24.4 Å². The van der Waals surface area contributed by atoms with Crippen LogP contribution >= 0.6 is 0 Å². The number of para-hydroxylation sites is 1. The number of hydrogen-bond donors (Lipinski definition) is 1. The van der Waals surface area contributed by atoms with Crippen LogP contribution in [0.5, 0.6) is 5.75 Å². The predicted octanol–water partition coefficient (Wildman–Crippen LogP) is 2.13. The van der Waals surface area contributed by atoms with Crippen molar-refractivity contribution in [2.24, 2.45) is 0 Å². The van der Waals surface area contributed by atoms with Gasteiger partial charge in [-0.15, -0.1) is 0 Å². The molecular weight excluding hydrogens is 204 g/mol. The molecule has 1 aromatic rings. The molecule has 0 amide bonds. The van der Waals surface area contributed by atoms with Crippen LogP contribution in [-0.2, 0) is 11.3 Å². The first-order chi connectivity index (χ1) is 7.90. The molecule has 0 bridgehead atoms. The van der Waals surface area contributed by atoms with E-state index in [0.717, 1.165) is 30.8 Å². The van der Waals surface area contributed by atoms with Crippen molar-refractivity contribution in [2.75, 3.05) is 13.2 Å². The van der Waals surface area contributed by atoms with E-state index >= 15 is 0 Å². The van der Waals surface area contributed by atoms with Crippen LogP contribution in [0.15, 0.2) is 24.3 Å². The topological polar surface area (TPSA) is 38.7 Å². The molecule has 1 unspecified atom stereocenters. The molecular formula is C13H18O3. The zero-order chi connectivity index (χ0) is 11.2. The standard InChI is InChI=1S/C13H18O3/c14-9-11-5-1-2-7-13(11)16-10-12-6-3-4-8-15-12/h1-2,5,7,12,14H,3-4,6,8-10H2. The van der Waals surface area contributed by atoms with Crippen LogP contribution in [0.2, 0.25) is 0 Å². The molecule has 1 aliphatic rings. The number of benzene rings is 1. The lowest BCUT2D eigenvalue weighted by molar-refractivity contribution is -0.0114. The number of hydrogen-bond acceptors (Lipinski definition) is 3. The van der Waals surface area contributed by atoms with E-state index in [1.165, 1.54) is 6.42 Å². The Bertz CT molecular complexity index is 319. The number of ether oxygens (including phenoxy) is 2. The molecule has 0 aromatic heterocycles. The van der Waals surface area contributed by atoms with Crippen molar-refractivity contribution < 1.29 is 14.6 Å². The summed E-state index contributed by atoms with van der Waals surface area (Å²) in [6, 6.07) is 7.57. The normalized spacial score (nSPS) is 20.7. The summed E-state index contributed by atoms with van der Waals surface area (Å²) >= 11 is 0. The van der Waals surface area contributed by atoms with Crippen molar-refractivity contribution in [3.05, 3.63) is 29.8 Å². The van der Waals surface area contributed by atoms with E-state index in [1.54, 1.807) is 0 Å². The maximum atomic E-state index is 9.14. The molecule has 1 heterocycles. The largest absolute Gasteiger partial charge is 0.491 e. The maximum absolute atomic E-state index is 9.14. The molecule has 2 rings (SSSR count). The van der Waals surface area contributed by atoms with Crippen molar-refractivity contribution >= 4 is 0 Å². The summed E-state index contributed by atoms with van der Waals surface area (Å²) < 4.78 is 11.3. The van der Waals surface area contributed by atoms with Crippen molar-refractivity contribution in [1.29, 1.82) is 0 Å². The smallest absolute Gasteiger partial charge is 0.124 e. The Morgan fingerprint density at radius 3 is 2.94 bits per heavy atom. The Hall–Kier alpha value is -1.06. The van der Waals surface area contributed by atoms with E-state index in [0.29, 0.717) is 6.61 Å². The minimum atomic E-state index is 0.0156. The van der Waals surface area contributed by atoms with E-state index < -0.39 is 0 Å². The Morgan fingerprint density at radius 2 is 2.19 bits per heavy atom. The maximum Gasteiger partial charge on any atom is 0.124 e. The van der Waals surface area contributed by atoms with Crippen LogP contribution in [0, 0.1) is 0 Å². The summed E-state index contributed by atoms with van der Waals surface area (Å²) in [5, 5.41) is 9.14. The van der Waals surface area contributed by atoms with Crippen LogP contribution in [0.4, 0.5) is 0 Å². The number of aliphatic hydroxyl groups is 1. The summed E-state index contributed by atoms with van der Waals surface area (Å²) in [6.07, 6.45) is 3.65. The van der Waals surface area contributed by atoms with Gasteiger partial charge in [-0.2, -0.15) is 0 Å². The molecule has 1 aromatic carbocycles. The fourth-order valence-electron chi connectivity index (χ4n) is 1.90. The molecule has 1 N–H and O–H groups in total. The second-order valence-corrected chi connectivity index (χ2v) is 4.07. The molecule has 0 radical (unpaired) electrons. The monoisotopic (exact) mass is 222 g/mol. The zero-order valence-electron chi connectivity index (χ0n) is 9.39. The average Bonchev–Trinajstić information content (AvgIpc) is 2.38. The van der Waals surface area contributed by atoms with Gasteiger partial charge in [0.25, 0.3) is 0 Å². The van der Waals surface area contributed by atoms with E-state index in [-0.39, 0.29) is 12.7 Å². The van der Waals surface area contributed by atoms with Crippen LogP contribution in [0.1, 0.15) is 24.8 Å². The summed E-state index contributed by atoms with van der Waals surface area (Å²) in [5.41, 5.74) is 0.832. The van der Waals surface area contributed by atoms with E-state index in [4.69, 9.17) is 14.6 Å². The van der Waals surface area contributed by atoms with Gasteiger partial charge in [-0.1, -0.05) is 18.2 Å². The highest BCUT2D eigenvalue weighted by molar-refractivity contribution is 5.32. The highest BCUT2D eigenvalue weighted by Crippen LogP contribution is 2.20. The molecule has 88 valence electrons. The van der Waals surface area contributed by atoms with Crippen LogP contribution in [0.25, 0.3) is 0 Å². The van der Waals surface area contributed by atoms with Gasteiger partial charge in [0.05, 0.1) is 12.7 Å². The highest BCUT2D eigenvalue weighted by atomic mass is 16.5. The van der Waals surface area contributed by atoms with Crippen LogP contribution in [0.3, 0.4) is 0 Å². The highest BCUT2D eigenvalue weighted by Gasteiger charge is 2.14. The van der Waals surface area contributed by atoms with Crippen molar-refractivity contribution in [3.63, 3.8) is 0 Å². The molecule has 0 aliphatic carbocycles. The van der Waals surface area contributed by atoms with Gasteiger partial charge in [0.1, 0.15) is 12.4 Å². The summed E-state index contributed by atoms with van der Waals surface area (Å²) in [5.74, 6) is 0.763. The second-order valence-electron chi connectivity index (χ2n) is 4.07. The lowest BCUT2D eigenvalue weighted by atomic mass is 10.1. The minimum absolute atomic E-state index is 0.0156. The third-order valence-corrected chi connectivity index (χ3v) is 2.84. The molecule has 16 heavy (non-hydrogen) atoms. The van der Waals surface area contributed by atoms with E-state index in [9.17, 15) is 0 Å². The van der Waals surface area contributed by atoms with E-state index in [2.05, 4.69) is 0 Å². The van der Waals surface area contributed by atoms with Crippen molar-refractivity contribution in [2.45, 2.75) is 32.0 Å². The first-order valence-electron chi connectivity index (χ1n) is 5.83. The molecule has 3 nitrogen and oxygen atoms in total. The third kappa shape index (κ3) is 2.97. The lowest BCUT2D eigenvalue weighted by Crippen LogP contribution is -2.26. The lowest BCUT2D eigenvalue weighted by Gasteiger charge is -2.23. The molecule has 1 aliphatic heterocycles. The van der Waals surface area contributed by atoms with Gasteiger partial charge >= 0.3 is 0 Å². The average molecular weight is 222 g/mol. The van der Waals surface area contributed by atoms with Gasteiger partial charge in [0, 0.05) is 12.2 Å². The number of rotatable bonds is 4. The Morgan fingerprint density at radius 1 is 1.31 bits per heavy atom. The fraction of sp³-hybridized carbons (Fsp3) is 0.538. The van der Waals surface area contributed by atoms with Crippen molar-refractivity contribution in [3.8, 4) is 5.75 Å². The molecule has 1 saturated heterocycles. The summed E-state index contributed by atoms with van der Waals surface area (Å²) in [7, 11) is 0. The minimum Gasteiger partial charge on any atom is -0.491 e. The zero-order valence-corrected chi connectivity index (χ0v) is 9.39. The van der Waals surface area contributed by atoms with Crippen molar-refractivity contribution in [1.82, 2.24) is 0 Å². The van der Waals surface area contributed by atoms with Gasteiger partial charge in [-0.25, -0.2) is 0 Å². The quantitative estimate of drug-likeness (QED) is 0.848. The Labute approximate surface area is 96.0 Å². The summed E-state index contributed by atoms with van der Waals surface area (Å²) in [4.78, 5) is 0. The first kappa shape index (κ1) is 11.4. The fourth-order valence-corrected chi connectivity index (χ4v) is 1.90. The molecule has 0 spiro atoms. The molecule has 1 atom stereocenters. The van der Waals surface area contributed by atoms with Gasteiger partial charge in [-0.05, 0) is 25.3 Å². The Kier molecular flexibility index (Phi) is 4.19. The predicted molar refractivity (Wildman–Crippen MR) is 61.5 cm³/mol. The van der Waals surface area contributed by atoms with E-state index in [1.807, 2.05) is 24.3 Å². The first-order valence-corrected chi connectivity index (χ1v) is 5.83. The van der Waals surface area contributed by atoms with Gasteiger partial charge in [0.2, 0.25) is 0 Å². The SMILES string of the molecule is OCc1ccccc1OCC1CCCCO1. The number of aliphatic hydroxyl groups excluding tert-OH is 1.